The highest BCUT2D eigenvalue weighted by Crippen LogP contribution is 2.41. The number of halogens is 1. The molecule has 1 spiro atoms. The number of fused-ring (bicyclic) bond motifs is 3. The normalized spacial score (nSPS) is 21.2. The number of rotatable bonds is 2. The Morgan fingerprint density at radius 3 is 2.59 bits per heavy atom. The number of hydrogen-bond donors (Lipinski definition) is 0. The summed E-state index contributed by atoms with van der Waals surface area (Å²) in [6.07, 6.45) is 1.93. The Hall–Kier alpha value is -2.58. The smallest absolute Gasteiger partial charge is 0.162 e. The molecule has 166 valence electrons. The number of nitrogens with zero attached hydrogens (tertiary/aromatic N) is 5. The van der Waals surface area contributed by atoms with Crippen LogP contribution in [0.3, 0.4) is 0 Å². The monoisotopic (exact) mass is 451 g/mol. The third-order valence-electron chi connectivity index (χ3n) is 7.14. The van der Waals surface area contributed by atoms with Gasteiger partial charge in [0.05, 0.1) is 23.6 Å². The molecular formula is C24H26FN5OS. The van der Waals surface area contributed by atoms with Gasteiger partial charge in [0, 0.05) is 29.1 Å². The van der Waals surface area contributed by atoms with Crippen LogP contribution in [0.2, 0.25) is 0 Å². The van der Waals surface area contributed by atoms with E-state index in [9.17, 15) is 0 Å². The second-order valence-corrected chi connectivity index (χ2v) is 10.4. The third-order valence-corrected chi connectivity index (χ3v) is 8.33. The summed E-state index contributed by atoms with van der Waals surface area (Å²) in [4.78, 5) is 8.39. The molecule has 3 aliphatic rings. The molecule has 2 aromatic heterocycles. The van der Waals surface area contributed by atoms with Crippen LogP contribution < -0.4 is 4.90 Å². The molecule has 0 saturated carbocycles. The molecule has 1 atom stereocenters. The zero-order valence-electron chi connectivity index (χ0n) is 18.8. The van der Waals surface area contributed by atoms with Crippen molar-refractivity contribution in [1.82, 2.24) is 14.8 Å². The molecule has 3 aliphatic heterocycles. The van der Waals surface area contributed by atoms with Crippen molar-refractivity contribution in [3.63, 3.8) is 0 Å². The number of hydrogen-bond acceptors (Lipinski definition) is 6. The molecule has 0 amide bonds. The lowest BCUT2D eigenvalue weighted by Gasteiger charge is -2.32. The fourth-order valence-corrected chi connectivity index (χ4v) is 6.15. The second kappa shape index (κ2) is 6.96. The maximum atomic E-state index is 15.4. The molecule has 0 N–H and O–H groups in total. The third kappa shape index (κ3) is 2.96. The van der Waals surface area contributed by atoms with E-state index in [1.54, 1.807) is 17.4 Å². The Balaban J connectivity index is 1.42. The number of piperidine rings is 1. The lowest BCUT2D eigenvalue weighted by Crippen LogP contribution is -2.38. The highest BCUT2D eigenvalue weighted by atomic mass is 32.1. The van der Waals surface area contributed by atoms with Crippen LogP contribution in [-0.2, 0) is 4.74 Å². The summed E-state index contributed by atoms with van der Waals surface area (Å²) in [5.74, 6) is 1.47. The molecule has 1 aromatic carbocycles. The van der Waals surface area contributed by atoms with Crippen LogP contribution in [0, 0.1) is 26.6 Å². The number of thiophene rings is 1. The van der Waals surface area contributed by atoms with Crippen LogP contribution in [0.15, 0.2) is 23.2 Å². The van der Waals surface area contributed by atoms with Gasteiger partial charge in [-0.3, -0.25) is 9.56 Å². The van der Waals surface area contributed by atoms with Crippen molar-refractivity contribution in [2.24, 2.45) is 4.99 Å². The van der Waals surface area contributed by atoms with E-state index in [4.69, 9.17) is 9.73 Å². The van der Waals surface area contributed by atoms with Crippen molar-refractivity contribution in [3.8, 4) is 5.00 Å². The Morgan fingerprint density at radius 2 is 1.91 bits per heavy atom. The Kier molecular flexibility index (Phi) is 4.36. The molecule has 0 radical (unpaired) electrons. The van der Waals surface area contributed by atoms with E-state index in [2.05, 4.69) is 33.5 Å². The van der Waals surface area contributed by atoms with Gasteiger partial charge in [-0.15, -0.1) is 21.5 Å². The summed E-state index contributed by atoms with van der Waals surface area (Å²) in [5, 5.41) is 9.75. The van der Waals surface area contributed by atoms with E-state index in [1.807, 2.05) is 26.0 Å². The first-order valence-corrected chi connectivity index (χ1v) is 12.0. The zero-order valence-corrected chi connectivity index (χ0v) is 19.6. The number of aromatic nitrogens is 3. The van der Waals surface area contributed by atoms with Crippen LogP contribution in [-0.4, -0.2) is 45.8 Å². The van der Waals surface area contributed by atoms with Gasteiger partial charge in [-0.2, -0.15) is 0 Å². The van der Waals surface area contributed by atoms with Crippen LogP contribution in [0.4, 0.5) is 10.1 Å². The van der Waals surface area contributed by atoms with Gasteiger partial charge in [0.1, 0.15) is 22.7 Å². The van der Waals surface area contributed by atoms with E-state index in [0.717, 1.165) is 66.0 Å². The molecule has 0 bridgehead atoms. The molecule has 32 heavy (non-hydrogen) atoms. The Labute approximate surface area is 190 Å². The van der Waals surface area contributed by atoms with Crippen LogP contribution in [0.1, 0.15) is 59.0 Å². The summed E-state index contributed by atoms with van der Waals surface area (Å²) in [5.41, 5.74) is 4.61. The second-order valence-electron chi connectivity index (χ2n) is 9.18. The minimum atomic E-state index is -0.198. The molecule has 2 saturated heterocycles. The van der Waals surface area contributed by atoms with Crippen LogP contribution in [0.5, 0.6) is 0 Å². The predicted octanol–water partition coefficient (Wildman–Crippen LogP) is 4.67. The van der Waals surface area contributed by atoms with E-state index < -0.39 is 0 Å². The Morgan fingerprint density at radius 1 is 1.16 bits per heavy atom. The van der Waals surface area contributed by atoms with Gasteiger partial charge >= 0.3 is 0 Å². The average molecular weight is 452 g/mol. The molecule has 6 nitrogen and oxygen atoms in total. The van der Waals surface area contributed by atoms with Crippen molar-refractivity contribution in [2.75, 3.05) is 24.6 Å². The average Bonchev–Trinajstić information content (AvgIpc) is 3.35. The van der Waals surface area contributed by atoms with Crippen molar-refractivity contribution in [1.29, 1.82) is 0 Å². The number of anilines is 1. The maximum absolute atomic E-state index is 15.4. The van der Waals surface area contributed by atoms with Gasteiger partial charge in [0.2, 0.25) is 0 Å². The number of ether oxygens (including phenoxy) is 1. The van der Waals surface area contributed by atoms with Gasteiger partial charge in [-0.1, -0.05) is 6.07 Å². The van der Waals surface area contributed by atoms with Gasteiger partial charge < -0.3 is 9.64 Å². The van der Waals surface area contributed by atoms with Gasteiger partial charge in [-0.25, -0.2) is 4.39 Å². The SMILES string of the molecule is Cc1sc2c(c1C)C(c1ccc(N3CCC4(CC3)CO4)c(F)c1)=N[C@@H](C)c1nnc(C)n1-2. The zero-order chi connectivity index (χ0) is 22.2. The molecule has 3 aromatic rings. The highest BCUT2D eigenvalue weighted by Gasteiger charge is 2.46. The van der Waals surface area contributed by atoms with E-state index in [0.29, 0.717) is 5.69 Å². The first kappa shape index (κ1) is 20.1. The molecule has 0 unspecified atom stereocenters. The molecule has 2 fully saturated rings. The fourth-order valence-electron chi connectivity index (χ4n) is 4.94. The van der Waals surface area contributed by atoms with E-state index in [1.165, 1.54) is 10.4 Å². The largest absolute Gasteiger partial charge is 0.369 e. The van der Waals surface area contributed by atoms with Gasteiger partial charge in [0.25, 0.3) is 0 Å². The van der Waals surface area contributed by atoms with Gasteiger partial charge in [-0.05, 0) is 58.2 Å². The topological polar surface area (TPSA) is 58.8 Å². The standard InChI is InChI=1S/C24H26FN5OS/c1-13-15(3)32-23-20(13)21(26-14(2)22-28-27-16(4)30(22)23)17-5-6-19(18(25)11-17)29-9-7-24(8-10-29)12-31-24/h5-6,11,14H,7-10,12H2,1-4H3/t14-/m0/s1. The summed E-state index contributed by atoms with van der Waals surface area (Å²) < 4.78 is 23.1. The molecule has 8 heteroatoms. The first-order valence-electron chi connectivity index (χ1n) is 11.2. The summed E-state index contributed by atoms with van der Waals surface area (Å²) in [6.45, 7) is 10.7. The molecular weight excluding hydrogens is 425 g/mol. The minimum absolute atomic E-state index is 0.0838. The van der Waals surface area contributed by atoms with Crippen molar-refractivity contribution < 1.29 is 9.13 Å². The lowest BCUT2D eigenvalue weighted by atomic mass is 9.96. The van der Waals surface area contributed by atoms with Crippen LogP contribution in [0.25, 0.3) is 5.00 Å². The van der Waals surface area contributed by atoms with Crippen LogP contribution >= 0.6 is 11.3 Å². The number of epoxide rings is 1. The fraction of sp³-hybridized carbons (Fsp3) is 0.458. The number of aryl methyl sites for hydroxylation is 2. The van der Waals surface area contributed by atoms with Crippen molar-refractivity contribution in [3.05, 3.63) is 57.2 Å². The number of benzene rings is 1. The Bertz CT molecular complexity index is 1260. The van der Waals surface area contributed by atoms with E-state index >= 15 is 4.39 Å². The molecule has 5 heterocycles. The summed E-state index contributed by atoms with van der Waals surface area (Å²) in [7, 11) is 0. The molecule has 6 rings (SSSR count). The first-order chi connectivity index (χ1) is 15.4. The minimum Gasteiger partial charge on any atom is -0.369 e. The predicted molar refractivity (Wildman–Crippen MR) is 124 cm³/mol. The quantitative estimate of drug-likeness (QED) is 0.531. The van der Waals surface area contributed by atoms with Crippen molar-refractivity contribution in [2.45, 2.75) is 52.2 Å². The van der Waals surface area contributed by atoms with Gasteiger partial charge in [0.15, 0.2) is 5.82 Å². The number of aliphatic imine (C=N–C) groups is 1. The molecule has 0 aliphatic carbocycles. The van der Waals surface area contributed by atoms with E-state index in [-0.39, 0.29) is 17.5 Å². The maximum Gasteiger partial charge on any atom is 0.162 e. The van der Waals surface area contributed by atoms with Crippen molar-refractivity contribution >= 4 is 22.7 Å². The summed E-state index contributed by atoms with van der Waals surface area (Å²) in [6, 6.07) is 5.39. The lowest BCUT2D eigenvalue weighted by molar-refractivity contribution is 0.258. The summed E-state index contributed by atoms with van der Waals surface area (Å²) >= 11 is 1.72. The highest BCUT2D eigenvalue weighted by molar-refractivity contribution is 7.15.